The van der Waals surface area contributed by atoms with E-state index in [0.717, 1.165) is 18.6 Å². The number of carbonyl (C=O) groups is 2. The molecule has 4 nitrogen and oxygen atoms in total. The fourth-order valence-electron chi connectivity index (χ4n) is 3.67. The maximum absolute atomic E-state index is 13.5. The molecule has 1 aromatic rings. The summed E-state index contributed by atoms with van der Waals surface area (Å²) in [5.74, 6) is 0.958. The largest absolute Gasteiger partial charge is 0.342 e. The van der Waals surface area contributed by atoms with Crippen molar-refractivity contribution >= 4 is 23.6 Å². The summed E-state index contributed by atoms with van der Waals surface area (Å²) in [6.07, 6.45) is 2.14. The lowest BCUT2D eigenvalue weighted by Gasteiger charge is -2.44. The molecule has 25 heavy (non-hydrogen) atoms. The van der Waals surface area contributed by atoms with Crippen molar-refractivity contribution in [3.8, 4) is 0 Å². The summed E-state index contributed by atoms with van der Waals surface area (Å²) in [5, 5.41) is 0. The fraction of sp³-hybridized carbons (Fsp3) is 0.579. The van der Waals surface area contributed by atoms with Crippen molar-refractivity contribution < 1.29 is 14.0 Å². The first-order chi connectivity index (χ1) is 11.9. The Labute approximate surface area is 152 Å². The van der Waals surface area contributed by atoms with E-state index >= 15 is 0 Å². The zero-order valence-electron chi connectivity index (χ0n) is 14.8. The van der Waals surface area contributed by atoms with Crippen LogP contribution in [0.4, 0.5) is 4.39 Å². The Morgan fingerprint density at radius 1 is 1.24 bits per heavy atom. The molecular formula is C19H25FN2O2S. The summed E-state index contributed by atoms with van der Waals surface area (Å²) in [7, 11) is 0. The Morgan fingerprint density at radius 2 is 1.96 bits per heavy atom. The van der Waals surface area contributed by atoms with Crippen molar-refractivity contribution in [1.29, 1.82) is 0 Å². The van der Waals surface area contributed by atoms with Crippen LogP contribution in [0.2, 0.25) is 0 Å². The molecule has 0 N–H and O–H groups in total. The van der Waals surface area contributed by atoms with Gasteiger partial charge in [-0.1, -0.05) is 19.9 Å². The van der Waals surface area contributed by atoms with Crippen LogP contribution in [0.15, 0.2) is 24.3 Å². The zero-order valence-corrected chi connectivity index (χ0v) is 15.7. The molecule has 1 aromatic carbocycles. The van der Waals surface area contributed by atoms with Crippen LogP contribution in [0.3, 0.4) is 0 Å². The minimum atomic E-state index is -0.388. The zero-order chi connectivity index (χ0) is 18.0. The summed E-state index contributed by atoms with van der Waals surface area (Å²) in [4.78, 5) is 28.8. The van der Waals surface area contributed by atoms with E-state index in [-0.39, 0.29) is 22.5 Å². The van der Waals surface area contributed by atoms with Gasteiger partial charge in [-0.15, -0.1) is 11.8 Å². The molecule has 0 saturated carbocycles. The lowest BCUT2D eigenvalue weighted by molar-refractivity contribution is -0.133. The van der Waals surface area contributed by atoms with Gasteiger partial charge in [0, 0.05) is 37.4 Å². The summed E-state index contributed by atoms with van der Waals surface area (Å²) in [5.41, 5.74) is 0.403. The predicted molar refractivity (Wildman–Crippen MR) is 97.9 cm³/mol. The van der Waals surface area contributed by atoms with Crippen LogP contribution in [0.5, 0.6) is 0 Å². The van der Waals surface area contributed by atoms with E-state index < -0.39 is 0 Å². The van der Waals surface area contributed by atoms with Crippen LogP contribution in [-0.2, 0) is 4.79 Å². The van der Waals surface area contributed by atoms with Crippen LogP contribution < -0.4 is 0 Å². The Hall–Kier alpha value is -1.56. The van der Waals surface area contributed by atoms with Crippen molar-refractivity contribution in [3.05, 3.63) is 35.6 Å². The number of rotatable bonds is 3. The molecule has 2 amide bonds. The monoisotopic (exact) mass is 364 g/mol. The van der Waals surface area contributed by atoms with Crippen LogP contribution in [0, 0.1) is 11.7 Å². The number of thioether (sulfide) groups is 1. The number of amides is 2. The Balaban J connectivity index is 1.70. The number of benzene rings is 1. The lowest BCUT2D eigenvalue weighted by Crippen LogP contribution is -2.53. The van der Waals surface area contributed by atoms with Crippen molar-refractivity contribution in [2.45, 2.75) is 38.0 Å². The molecule has 0 unspecified atom stereocenters. The molecule has 3 rings (SSSR count). The SMILES string of the molecule is CC(C)CC(=O)N1CCC2(CC1)SCCN2C(=O)c1cccc(F)c1. The van der Waals surface area contributed by atoms with Gasteiger partial charge in [-0.25, -0.2) is 4.39 Å². The number of nitrogens with zero attached hydrogens (tertiary/aromatic N) is 2. The van der Waals surface area contributed by atoms with Crippen molar-refractivity contribution in [2.24, 2.45) is 5.92 Å². The van der Waals surface area contributed by atoms with E-state index in [1.807, 2.05) is 9.80 Å². The number of hydrogen-bond donors (Lipinski definition) is 0. The van der Waals surface area contributed by atoms with Crippen LogP contribution in [-0.4, -0.2) is 51.9 Å². The normalized spacial score (nSPS) is 19.7. The lowest BCUT2D eigenvalue weighted by atomic mass is 9.99. The number of hydrogen-bond acceptors (Lipinski definition) is 3. The molecule has 2 heterocycles. The minimum Gasteiger partial charge on any atom is -0.342 e. The number of piperidine rings is 1. The maximum Gasteiger partial charge on any atom is 0.255 e. The topological polar surface area (TPSA) is 40.6 Å². The maximum atomic E-state index is 13.5. The summed E-state index contributed by atoms with van der Waals surface area (Å²) < 4.78 is 13.5. The summed E-state index contributed by atoms with van der Waals surface area (Å²) in [6, 6.07) is 5.90. The van der Waals surface area contributed by atoms with Crippen LogP contribution in [0.1, 0.15) is 43.5 Å². The van der Waals surface area contributed by atoms with E-state index in [1.165, 1.54) is 12.1 Å². The molecule has 2 saturated heterocycles. The Kier molecular flexibility index (Phi) is 5.37. The molecule has 0 atom stereocenters. The molecule has 136 valence electrons. The molecule has 2 aliphatic heterocycles. The van der Waals surface area contributed by atoms with Gasteiger partial charge in [0.1, 0.15) is 5.82 Å². The molecule has 2 fully saturated rings. The fourth-order valence-corrected chi connectivity index (χ4v) is 5.13. The Bertz CT molecular complexity index is 657. The van der Waals surface area contributed by atoms with E-state index in [1.54, 1.807) is 23.9 Å². The van der Waals surface area contributed by atoms with Gasteiger partial charge in [0.05, 0.1) is 4.87 Å². The number of carbonyl (C=O) groups excluding carboxylic acids is 2. The first-order valence-electron chi connectivity index (χ1n) is 8.90. The highest BCUT2D eigenvalue weighted by molar-refractivity contribution is 8.00. The summed E-state index contributed by atoms with van der Waals surface area (Å²) in [6.45, 7) is 6.15. The predicted octanol–water partition coefficient (Wildman–Crippen LogP) is 3.38. The van der Waals surface area contributed by atoms with Gasteiger partial charge < -0.3 is 9.80 Å². The minimum absolute atomic E-state index is 0.105. The van der Waals surface area contributed by atoms with Gasteiger partial charge in [-0.2, -0.15) is 0 Å². The van der Waals surface area contributed by atoms with Gasteiger partial charge in [0.25, 0.3) is 5.91 Å². The van der Waals surface area contributed by atoms with Gasteiger partial charge in [-0.3, -0.25) is 9.59 Å². The molecule has 2 aliphatic rings. The molecular weight excluding hydrogens is 339 g/mol. The molecule has 6 heteroatoms. The van der Waals surface area contributed by atoms with Crippen molar-refractivity contribution in [3.63, 3.8) is 0 Å². The van der Waals surface area contributed by atoms with Gasteiger partial charge >= 0.3 is 0 Å². The number of halogens is 1. The number of likely N-dealkylation sites (tertiary alicyclic amines) is 1. The first-order valence-corrected chi connectivity index (χ1v) is 9.89. The second-order valence-electron chi connectivity index (χ2n) is 7.24. The third kappa shape index (κ3) is 3.84. The van der Waals surface area contributed by atoms with E-state index in [0.29, 0.717) is 37.5 Å². The van der Waals surface area contributed by atoms with E-state index in [9.17, 15) is 14.0 Å². The molecule has 0 aliphatic carbocycles. The standard InChI is InChI=1S/C19H25FN2O2S/c1-14(2)12-17(23)21-8-6-19(7-9-21)22(10-11-25-19)18(24)15-4-3-5-16(20)13-15/h3-5,13-14H,6-12H2,1-2H3. The van der Waals surface area contributed by atoms with Crippen molar-refractivity contribution in [2.75, 3.05) is 25.4 Å². The van der Waals surface area contributed by atoms with E-state index in [2.05, 4.69) is 13.8 Å². The summed E-state index contributed by atoms with van der Waals surface area (Å²) >= 11 is 1.80. The smallest absolute Gasteiger partial charge is 0.255 e. The molecule has 1 spiro atoms. The van der Waals surface area contributed by atoms with Gasteiger partial charge in [0.15, 0.2) is 0 Å². The second kappa shape index (κ2) is 7.36. The average molecular weight is 364 g/mol. The molecule has 0 aromatic heterocycles. The third-order valence-corrected chi connectivity index (χ3v) is 6.53. The van der Waals surface area contributed by atoms with Gasteiger partial charge in [0.2, 0.25) is 5.91 Å². The first kappa shape index (κ1) is 18.2. The van der Waals surface area contributed by atoms with Crippen LogP contribution in [0.25, 0.3) is 0 Å². The highest BCUT2D eigenvalue weighted by Crippen LogP contribution is 2.44. The van der Waals surface area contributed by atoms with E-state index in [4.69, 9.17) is 0 Å². The second-order valence-corrected chi connectivity index (χ2v) is 8.70. The highest BCUT2D eigenvalue weighted by Gasteiger charge is 2.47. The molecule has 0 bridgehead atoms. The highest BCUT2D eigenvalue weighted by atomic mass is 32.2. The quantitative estimate of drug-likeness (QED) is 0.826. The van der Waals surface area contributed by atoms with Crippen LogP contribution >= 0.6 is 11.8 Å². The average Bonchev–Trinajstić information content (AvgIpc) is 2.97. The molecule has 0 radical (unpaired) electrons. The van der Waals surface area contributed by atoms with Crippen molar-refractivity contribution in [1.82, 2.24) is 9.80 Å². The Morgan fingerprint density at radius 3 is 2.60 bits per heavy atom. The third-order valence-electron chi connectivity index (χ3n) is 4.97. The van der Waals surface area contributed by atoms with Gasteiger partial charge in [-0.05, 0) is 37.0 Å².